The zero-order chi connectivity index (χ0) is 20.7. The van der Waals surface area contributed by atoms with Crippen molar-refractivity contribution in [1.82, 2.24) is 4.90 Å². The molecule has 0 aromatic heterocycles. The summed E-state index contributed by atoms with van der Waals surface area (Å²) in [6.45, 7) is 0.461. The highest BCUT2D eigenvalue weighted by Gasteiger charge is 2.54. The van der Waals surface area contributed by atoms with Crippen LogP contribution in [0.1, 0.15) is 44.9 Å². The maximum Gasteiger partial charge on any atom is 0.415 e. The van der Waals surface area contributed by atoms with Gasteiger partial charge in [-0.05, 0) is 49.7 Å². The largest absolute Gasteiger partial charge is 0.415 e. The van der Waals surface area contributed by atoms with Crippen molar-refractivity contribution >= 4 is 18.0 Å². The molecule has 6 heteroatoms. The Kier molecular flexibility index (Phi) is 5.09. The van der Waals surface area contributed by atoms with Crippen LogP contribution >= 0.6 is 0 Å². The summed E-state index contributed by atoms with van der Waals surface area (Å²) >= 11 is 0. The molecule has 4 unspecified atom stereocenters. The predicted octanol–water partition coefficient (Wildman–Crippen LogP) is 4.10. The molecule has 0 spiro atoms. The van der Waals surface area contributed by atoms with Crippen LogP contribution in [0.25, 0.3) is 0 Å². The van der Waals surface area contributed by atoms with Gasteiger partial charge in [0.25, 0.3) is 0 Å². The molecule has 0 N–H and O–H groups in total. The van der Waals surface area contributed by atoms with Gasteiger partial charge in [0.2, 0.25) is 0 Å². The molecule has 4 atom stereocenters. The molecule has 3 fully saturated rings. The summed E-state index contributed by atoms with van der Waals surface area (Å²) < 4.78 is 10.7. The first-order chi connectivity index (χ1) is 14.6. The van der Waals surface area contributed by atoms with Gasteiger partial charge in [-0.15, -0.1) is 0 Å². The number of piperidine rings is 1. The van der Waals surface area contributed by atoms with Crippen molar-refractivity contribution in [2.24, 2.45) is 23.7 Å². The minimum absolute atomic E-state index is 0.0181. The van der Waals surface area contributed by atoms with E-state index in [0.717, 1.165) is 18.4 Å². The molecule has 4 aliphatic rings. The lowest BCUT2D eigenvalue weighted by molar-refractivity contribution is -0.154. The van der Waals surface area contributed by atoms with Crippen molar-refractivity contribution in [3.05, 3.63) is 42.0 Å². The Morgan fingerprint density at radius 3 is 2.53 bits per heavy atom. The predicted molar refractivity (Wildman–Crippen MR) is 108 cm³/mol. The Bertz CT molecular complexity index is 873. The van der Waals surface area contributed by atoms with Crippen LogP contribution < -0.4 is 4.74 Å². The summed E-state index contributed by atoms with van der Waals surface area (Å²) in [5, 5.41) is 0. The van der Waals surface area contributed by atoms with Crippen molar-refractivity contribution in [3.8, 4) is 5.75 Å². The van der Waals surface area contributed by atoms with E-state index in [4.69, 9.17) is 9.47 Å². The first-order valence-corrected chi connectivity index (χ1v) is 11.1. The number of esters is 2. The Balaban J connectivity index is 1.42. The van der Waals surface area contributed by atoms with Gasteiger partial charge >= 0.3 is 18.0 Å². The normalized spacial score (nSPS) is 31.5. The number of para-hydroxylation sites is 1. The lowest BCUT2D eigenvalue weighted by Gasteiger charge is -2.47. The SMILES string of the molecule is O=C1OC(=O)C2C1CC=C1CN(C(=O)Oc3ccccc3)C(C3CCCCC3)CC12. The fourth-order valence-electron chi connectivity index (χ4n) is 5.90. The molecule has 2 aliphatic carbocycles. The number of carbonyl (C=O) groups is 3. The highest BCUT2D eigenvalue weighted by molar-refractivity contribution is 5.97. The van der Waals surface area contributed by atoms with Gasteiger partial charge < -0.3 is 14.4 Å². The number of fused-ring (bicyclic) bond motifs is 3. The molecule has 0 bridgehead atoms. The lowest BCUT2D eigenvalue weighted by Crippen LogP contribution is -2.54. The van der Waals surface area contributed by atoms with E-state index in [2.05, 4.69) is 0 Å². The summed E-state index contributed by atoms with van der Waals surface area (Å²) in [4.78, 5) is 39.6. The van der Waals surface area contributed by atoms with Crippen LogP contribution in [0.3, 0.4) is 0 Å². The van der Waals surface area contributed by atoms with Crippen LogP contribution in [0.5, 0.6) is 5.75 Å². The molecule has 0 radical (unpaired) electrons. The molecule has 2 aliphatic heterocycles. The Morgan fingerprint density at radius 2 is 1.77 bits per heavy atom. The van der Waals surface area contributed by atoms with E-state index in [-0.39, 0.29) is 35.9 Å². The molecular formula is C24H27NO5. The standard InChI is InChI=1S/C24H27NO5/c26-22-18-12-11-16-14-25(24(28)29-17-9-5-2-6-10-17)20(15-7-3-1-4-8-15)13-19(16)21(18)23(27)30-22/h2,5-6,9-11,15,18-21H,1,3-4,7-8,12-14H2. The molecule has 6 nitrogen and oxygen atoms in total. The topological polar surface area (TPSA) is 72.9 Å². The zero-order valence-electron chi connectivity index (χ0n) is 17.0. The van der Waals surface area contributed by atoms with Crippen molar-refractivity contribution in [2.75, 3.05) is 6.54 Å². The van der Waals surface area contributed by atoms with Gasteiger partial charge in [0, 0.05) is 12.6 Å². The molecule has 1 amide bonds. The molecule has 2 heterocycles. The highest BCUT2D eigenvalue weighted by Crippen LogP contribution is 2.47. The number of likely N-dealkylation sites (tertiary alicyclic amines) is 1. The van der Waals surface area contributed by atoms with Crippen molar-refractivity contribution in [3.63, 3.8) is 0 Å². The van der Waals surface area contributed by atoms with E-state index in [9.17, 15) is 14.4 Å². The third kappa shape index (κ3) is 3.42. The maximum absolute atomic E-state index is 13.2. The molecule has 1 aromatic rings. The van der Waals surface area contributed by atoms with E-state index in [1.807, 2.05) is 29.2 Å². The van der Waals surface area contributed by atoms with Crippen LogP contribution in [0, 0.1) is 23.7 Å². The van der Waals surface area contributed by atoms with Gasteiger partial charge in [-0.25, -0.2) is 4.79 Å². The Labute approximate surface area is 176 Å². The van der Waals surface area contributed by atoms with Gasteiger partial charge in [0.15, 0.2) is 0 Å². The number of cyclic esters (lactones) is 2. The molecule has 1 aromatic carbocycles. The van der Waals surface area contributed by atoms with Gasteiger partial charge in [-0.2, -0.15) is 0 Å². The second-order valence-corrected chi connectivity index (χ2v) is 9.00. The minimum Gasteiger partial charge on any atom is -0.410 e. The molecule has 2 saturated heterocycles. The van der Waals surface area contributed by atoms with Crippen molar-refractivity contribution in [2.45, 2.75) is 51.0 Å². The number of benzene rings is 1. The van der Waals surface area contributed by atoms with Gasteiger partial charge in [0.05, 0.1) is 11.8 Å². The van der Waals surface area contributed by atoms with E-state index in [1.54, 1.807) is 12.1 Å². The summed E-state index contributed by atoms with van der Waals surface area (Å²) in [5.74, 6) is -0.608. The van der Waals surface area contributed by atoms with Crippen LogP contribution in [-0.4, -0.2) is 35.5 Å². The van der Waals surface area contributed by atoms with E-state index >= 15 is 0 Å². The number of nitrogens with zero attached hydrogens (tertiary/aromatic N) is 1. The Hall–Kier alpha value is -2.63. The van der Waals surface area contributed by atoms with Crippen molar-refractivity contribution < 1.29 is 23.9 Å². The average molecular weight is 409 g/mol. The highest BCUT2D eigenvalue weighted by atomic mass is 16.6. The fourth-order valence-corrected chi connectivity index (χ4v) is 5.90. The minimum atomic E-state index is -0.393. The molecule has 5 rings (SSSR count). The van der Waals surface area contributed by atoms with E-state index in [0.29, 0.717) is 31.1 Å². The van der Waals surface area contributed by atoms with Gasteiger partial charge in [0.1, 0.15) is 5.75 Å². The third-order valence-corrected chi connectivity index (χ3v) is 7.38. The monoisotopic (exact) mass is 409 g/mol. The number of amides is 1. The first-order valence-electron chi connectivity index (χ1n) is 11.1. The quantitative estimate of drug-likeness (QED) is 0.418. The van der Waals surface area contributed by atoms with E-state index < -0.39 is 5.92 Å². The average Bonchev–Trinajstić information content (AvgIpc) is 3.08. The molecule has 1 saturated carbocycles. The third-order valence-electron chi connectivity index (χ3n) is 7.38. The first kappa shape index (κ1) is 19.3. The number of hydrogen-bond acceptors (Lipinski definition) is 5. The van der Waals surface area contributed by atoms with Crippen LogP contribution in [-0.2, 0) is 14.3 Å². The van der Waals surface area contributed by atoms with Crippen LogP contribution in [0.4, 0.5) is 4.79 Å². The number of hydrogen-bond donors (Lipinski definition) is 0. The number of carbonyl (C=O) groups excluding carboxylic acids is 3. The summed E-state index contributed by atoms with van der Waals surface area (Å²) in [5.41, 5.74) is 1.07. The molecule has 158 valence electrons. The van der Waals surface area contributed by atoms with Crippen molar-refractivity contribution in [1.29, 1.82) is 0 Å². The second-order valence-electron chi connectivity index (χ2n) is 9.00. The number of allylic oxidation sites excluding steroid dienone is 1. The lowest BCUT2D eigenvalue weighted by atomic mass is 9.66. The second kappa shape index (κ2) is 7.89. The van der Waals surface area contributed by atoms with Crippen LogP contribution in [0.15, 0.2) is 42.0 Å². The zero-order valence-corrected chi connectivity index (χ0v) is 17.0. The molecule has 30 heavy (non-hydrogen) atoms. The maximum atomic E-state index is 13.2. The summed E-state index contributed by atoms with van der Waals surface area (Å²) in [6, 6.07) is 9.17. The molecular weight excluding hydrogens is 382 g/mol. The smallest absolute Gasteiger partial charge is 0.410 e. The van der Waals surface area contributed by atoms with E-state index in [1.165, 1.54) is 19.3 Å². The fraction of sp³-hybridized carbons (Fsp3) is 0.542. The Morgan fingerprint density at radius 1 is 1.00 bits per heavy atom. The van der Waals surface area contributed by atoms with Gasteiger partial charge in [-0.3, -0.25) is 9.59 Å². The van der Waals surface area contributed by atoms with Gasteiger partial charge in [-0.1, -0.05) is 49.1 Å². The van der Waals surface area contributed by atoms with Crippen LogP contribution in [0.2, 0.25) is 0 Å². The summed E-state index contributed by atoms with van der Waals surface area (Å²) in [7, 11) is 0. The number of rotatable bonds is 2. The number of ether oxygens (including phenoxy) is 2. The summed E-state index contributed by atoms with van der Waals surface area (Å²) in [6.07, 6.45) is 8.67.